The van der Waals surface area contributed by atoms with Gasteiger partial charge in [0.1, 0.15) is 11.9 Å². The topological polar surface area (TPSA) is 29.5 Å². The zero-order valence-electron chi connectivity index (χ0n) is 5.87. The molecule has 1 N–H and O–H groups in total. The number of rotatable bonds is 1. The van der Waals surface area contributed by atoms with E-state index in [1.54, 1.807) is 25.3 Å². The summed E-state index contributed by atoms with van der Waals surface area (Å²) in [5.41, 5.74) is 0.861. The van der Waals surface area contributed by atoms with Crippen LogP contribution in [0.1, 0.15) is 0 Å². The average molecular weight is 138 g/mol. The van der Waals surface area contributed by atoms with Crippen molar-refractivity contribution in [3.63, 3.8) is 0 Å². The first-order valence-electron chi connectivity index (χ1n) is 3.04. The second-order valence-corrected chi connectivity index (χ2v) is 2.16. The van der Waals surface area contributed by atoms with Gasteiger partial charge in [-0.15, -0.1) is 0 Å². The van der Waals surface area contributed by atoms with Crippen LogP contribution in [0.2, 0.25) is 0 Å². The lowest BCUT2D eigenvalue weighted by Gasteiger charge is -2.14. The normalized spacial score (nSPS) is 24.7. The molecule has 10 heavy (non-hydrogen) atoms. The quantitative estimate of drug-likeness (QED) is 0.596. The fourth-order valence-corrected chi connectivity index (χ4v) is 0.824. The molecule has 0 radical (unpaired) electrons. The minimum absolute atomic E-state index is 0.162. The number of methoxy groups -OCH3 is 1. The first kappa shape index (κ1) is 7.09. The standard InChI is InChI=1S/C8H10O2/c1-6-3-4-7(9)5-8(6)10-2/h3-5,8-9H,1H2,2H3. The van der Waals surface area contributed by atoms with E-state index in [1.807, 2.05) is 0 Å². The first-order chi connectivity index (χ1) is 4.74. The van der Waals surface area contributed by atoms with Crippen LogP contribution in [0.3, 0.4) is 0 Å². The molecule has 54 valence electrons. The molecule has 2 nitrogen and oxygen atoms in total. The van der Waals surface area contributed by atoms with Crippen molar-refractivity contribution < 1.29 is 9.84 Å². The van der Waals surface area contributed by atoms with Crippen LogP contribution in [0, 0.1) is 0 Å². The fraction of sp³-hybridized carbons (Fsp3) is 0.250. The number of aliphatic hydroxyl groups is 1. The van der Waals surface area contributed by atoms with Crippen molar-refractivity contribution in [3.05, 3.63) is 36.1 Å². The lowest BCUT2D eigenvalue weighted by atomic mass is 10.1. The minimum atomic E-state index is -0.162. The van der Waals surface area contributed by atoms with Crippen molar-refractivity contribution in [1.29, 1.82) is 0 Å². The Kier molecular flexibility index (Phi) is 1.92. The summed E-state index contributed by atoms with van der Waals surface area (Å²) in [7, 11) is 1.58. The molecule has 0 fully saturated rings. The summed E-state index contributed by atoms with van der Waals surface area (Å²) < 4.78 is 4.99. The van der Waals surface area contributed by atoms with E-state index in [0.717, 1.165) is 5.57 Å². The van der Waals surface area contributed by atoms with Crippen LogP contribution < -0.4 is 0 Å². The highest BCUT2D eigenvalue weighted by atomic mass is 16.5. The Bertz CT molecular complexity index is 201. The fourth-order valence-electron chi connectivity index (χ4n) is 0.824. The number of hydrogen-bond acceptors (Lipinski definition) is 2. The van der Waals surface area contributed by atoms with Gasteiger partial charge < -0.3 is 9.84 Å². The lowest BCUT2D eigenvalue weighted by molar-refractivity contribution is 0.167. The van der Waals surface area contributed by atoms with Crippen LogP contribution in [0.4, 0.5) is 0 Å². The van der Waals surface area contributed by atoms with Gasteiger partial charge in [-0.2, -0.15) is 0 Å². The van der Waals surface area contributed by atoms with Gasteiger partial charge in [0.15, 0.2) is 0 Å². The van der Waals surface area contributed by atoms with Gasteiger partial charge in [0.25, 0.3) is 0 Å². The molecular formula is C8H10O2. The molecule has 0 aromatic carbocycles. The maximum atomic E-state index is 8.98. The summed E-state index contributed by atoms with van der Waals surface area (Å²) in [6, 6.07) is 0. The van der Waals surface area contributed by atoms with Gasteiger partial charge in [0.05, 0.1) is 0 Å². The molecule has 0 bridgehead atoms. The molecule has 2 heteroatoms. The highest BCUT2D eigenvalue weighted by Gasteiger charge is 2.10. The molecule has 0 heterocycles. The highest BCUT2D eigenvalue weighted by Crippen LogP contribution is 2.14. The molecular weight excluding hydrogens is 128 g/mol. The van der Waals surface area contributed by atoms with Gasteiger partial charge >= 0.3 is 0 Å². The van der Waals surface area contributed by atoms with Crippen molar-refractivity contribution in [3.8, 4) is 0 Å². The summed E-state index contributed by atoms with van der Waals surface area (Å²) >= 11 is 0. The summed E-state index contributed by atoms with van der Waals surface area (Å²) in [5, 5.41) is 8.98. The third-order valence-corrected chi connectivity index (χ3v) is 1.41. The molecule has 1 atom stereocenters. The number of ether oxygens (including phenoxy) is 1. The molecule has 1 rings (SSSR count). The van der Waals surface area contributed by atoms with E-state index in [0.29, 0.717) is 0 Å². The molecule has 1 unspecified atom stereocenters. The predicted octanol–water partition coefficient (Wildman–Crippen LogP) is 1.57. The molecule has 0 aromatic rings. The second kappa shape index (κ2) is 2.71. The van der Waals surface area contributed by atoms with Gasteiger partial charge in [-0.05, 0) is 17.7 Å². The third kappa shape index (κ3) is 1.28. The van der Waals surface area contributed by atoms with Crippen LogP contribution in [0.25, 0.3) is 0 Å². The number of allylic oxidation sites excluding steroid dienone is 1. The molecule has 1 aliphatic rings. The molecule has 0 aromatic heterocycles. The summed E-state index contributed by atoms with van der Waals surface area (Å²) in [4.78, 5) is 0. The Hall–Kier alpha value is -1.02. The van der Waals surface area contributed by atoms with E-state index in [9.17, 15) is 0 Å². The van der Waals surface area contributed by atoms with Gasteiger partial charge in [-0.3, -0.25) is 0 Å². The zero-order valence-corrected chi connectivity index (χ0v) is 5.87. The van der Waals surface area contributed by atoms with Crippen LogP contribution in [-0.2, 0) is 4.74 Å². The molecule has 0 amide bonds. The molecule has 0 saturated carbocycles. The second-order valence-electron chi connectivity index (χ2n) is 2.16. The van der Waals surface area contributed by atoms with E-state index >= 15 is 0 Å². The SMILES string of the molecule is C=C1C=CC(O)=CC1OC. The first-order valence-corrected chi connectivity index (χ1v) is 3.04. The summed E-state index contributed by atoms with van der Waals surface area (Å²) in [5.74, 6) is 0.235. The number of hydrogen-bond donors (Lipinski definition) is 1. The Morgan fingerprint density at radius 1 is 1.60 bits per heavy atom. The van der Waals surface area contributed by atoms with Crippen molar-refractivity contribution in [2.24, 2.45) is 0 Å². The predicted molar refractivity (Wildman–Crippen MR) is 39.8 cm³/mol. The largest absolute Gasteiger partial charge is 0.508 e. The Morgan fingerprint density at radius 3 is 2.80 bits per heavy atom. The maximum Gasteiger partial charge on any atom is 0.114 e. The van der Waals surface area contributed by atoms with Crippen molar-refractivity contribution in [2.75, 3.05) is 7.11 Å². The monoisotopic (exact) mass is 138 g/mol. The van der Waals surface area contributed by atoms with Crippen LogP contribution in [0.15, 0.2) is 36.1 Å². The summed E-state index contributed by atoms with van der Waals surface area (Å²) in [6.45, 7) is 3.73. The summed E-state index contributed by atoms with van der Waals surface area (Å²) in [6.07, 6.45) is 4.79. The average Bonchev–Trinajstić information content (AvgIpc) is 1.94. The Morgan fingerprint density at radius 2 is 2.30 bits per heavy atom. The Balaban J connectivity index is 2.76. The Labute approximate surface area is 60.1 Å². The minimum Gasteiger partial charge on any atom is -0.508 e. The van der Waals surface area contributed by atoms with Crippen molar-refractivity contribution in [2.45, 2.75) is 6.10 Å². The van der Waals surface area contributed by atoms with Crippen LogP contribution in [-0.4, -0.2) is 18.3 Å². The van der Waals surface area contributed by atoms with E-state index in [1.165, 1.54) is 0 Å². The van der Waals surface area contributed by atoms with Crippen molar-refractivity contribution >= 4 is 0 Å². The van der Waals surface area contributed by atoms with Crippen molar-refractivity contribution in [1.82, 2.24) is 0 Å². The molecule has 0 aliphatic heterocycles. The van der Waals surface area contributed by atoms with Gasteiger partial charge in [-0.1, -0.05) is 12.7 Å². The lowest BCUT2D eigenvalue weighted by Crippen LogP contribution is -2.11. The maximum absolute atomic E-state index is 8.98. The van der Waals surface area contributed by atoms with Crippen LogP contribution >= 0.6 is 0 Å². The van der Waals surface area contributed by atoms with E-state index < -0.39 is 0 Å². The smallest absolute Gasteiger partial charge is 0.114 e. The van der Waals surface area contributed by atoms with Gasteiger partial charge in [-0.25, -0.2) is 0 Å². The molecule has 1 aliphatic carbocycles. The highest BCUT2D eigenvalue weighted by molar-refractivity contribution is 5.34. The zero-order chi connectivity index (χ0) is 7.56. The van der Waals surface area contributed by atoms with E-state index in [2.05, 4.69) is 6.58 Å². The molecule has 0 spiro atoms. The third-order valence-electron chi connectivity index (χ3n) is 1.41. The van der Waals surface area contributed by atoms with E-state index in [-0.39, 0.29) is 11.9 Å². The number of aliphatic hydroxyl groups excluding tert-OH is 1. The molecule has 0 saturated heterocycles. The van der Waals surface area contributed by atoms with Gasteiger partial charge in [0.2, 0.25) is 0 Å². The van der Waals surface area contributed by atoms with Gasteiger partial charge in [0, 0.05) is 7.11 Å². The van der Waals surface area contributed by atoms with Crippen LogP contribution in [0.5, 0.6) is 0 Å². The van der Waals surface area contributed by atoms with E-state index in [4.69, 9.17) is 9.84 Å².